The lowest BCUT2D eigenvalue weighted by Gasteiger charge is -2.23. The van der Waals surface area contributed by atoms with E-state index in [1.54, 1.807) is 31.4 Å². The van der Waals surface area contributed by atoms with Crippen molar-refractivity contribution in [3.63, 3.8) is 0 Å². The van der Waals surface area contributed by atoms with E-state index in [-0.39, 0.29) is 17.9 Å². The van der Waals surface area contributed by atoms with Gasteiger partial charge in [0.25, 0.3) is 11.8 Å². The molecule has 2 heterocycles. The van der Waals surface area contributed by atoms with E-state index in [4.69, 9.17) is 4.74 Å². The Bertz CT molecular complexity index is 812. The molecular weight excluding hydrogens is 360 g/mol. The number of nitrogens with zero attached hydrogens (tertiary/aromatic N) is 3. The van der Waals surface area contributed by atoms with Gasteiger partial charge in [-0.3, -0.25) is 9.59 Å². The van der Waals surface area contributed by atoms with Crippen LogP contribution in [0.15, 0.2) is 24.3 Å². The van der Waals surface area contributed by atoms with Gasteiger partial charge in [-0.25, -0.2) is 4.68 Å². The van der Waals surface area contributed by atoms with Crippen molar-refractivity contribution in [3.8, 4) is 5.75 Å². The van der Waals surface area contributed by atoms with Crippen molar-refractivity contribution in [2.75, 3.05) is 33.3 Å². The van der Waals surface area contributed by atoms with E-state index in [1.807, 2.05) is 11.6 Å². The molecule has 150 valence electrons. The number of benzene rings is 1. The summed E-state index contributed by atoms with van der Waals surface area (Å²) in [5.41, 5.74) is 1.64. The molecule has 9 nitrogen and oxygen atoms in total. The minimum atomic E-state index is -0.281. The molecule has 2 aromatic rings. The van der Waals surface area contributed by atoms with Crippen LogP contribution in [0.1, 0.15) is 45.4 Å². The zero-order chi connectivity index (χ0) is 19.9. The van der Waals surface area contributed by atoms with Crippen LogP contribution in [0.25, 0.3) is 0 Å². The lowest BCUT2D eigenvalue weighted by Crippen LogP contribution is -2.35. The molecule has 3 N–H and O–H groups in total. The molecule has 9 heteroatoms. The summed E-state index contributed by atoms with van der Waals surface area (Å²) in [5, 5.41) is 17.1. The van der Waals surface area contributed by atoms with Crippen LogP contribution in [0, 0.1) is 6.92 Å². The summed E-state index contributed by atoms with van der Waals surface area (Å²) in [6.07, 6.45) is 1.95. The van der Waals surface area contributed by atoms with Crippen molar-refractivity contribution in [3.05, 3.63) is 41.2 Å². The maximum atomic E-state index is 12.4. The maximum Gasteiger partial charge on any atom is 0.273 e. The molecule has 0 saturated carbocycles. The van der Waals surface area contributed by atoms with Gasteiger partial charge in [0.05, 0.1) is 18.8 Å². The average Bonchev–Trinajstić information content (AvgIpc) is 3.13. The Morgan fingerprint density at radius 2 is 1.79 bits per heavy atom. The van der Waals surface area contributed by atoms with Crippen LogP contribution < -0.4 is 20.7 Å². The molecule has 1 aromatic heterocycles. The van der Waals surface area contributed by atoms with Gasteiger partial charge in [0.1, 0.15) is 5.75 Å². The molecule has 3 rings (SSSR count). The number of methoxy groups -OCH3 is 1. The summed E-state index contributed by atoms with van der Waals surface area (Å²) < 4.78 is 6.92. The Kier molecular flexibility index (Phi) is 6.59. The molecule has 1 saturated heterocycles. The molecule has 28 heavy (non-hydrogen) atoms. The van der Waals surface area contributed by atoms with Gasteiger partial charge in [-0.2, -0.15) is 0 Å². The highest BCUT2D eigenvalue weighted by Gasteiger charge is 2.22. The number of ether oxygens (including phenoxy) is 1. The molecule has 0 atom stereocenters. The lowest BCUT2D eigenvalue weighted by atomic mass is 10.1. The first kappa shape index (κ1) is 19.8. The average molecular weight is 386 g/mol. The van der Waals surface area contributed by atoms with Gasteiger partial charge in [0.2, 0.25) is 0 Å². The van der Waals surface area contributed by atoms with Gasteiger partial charge in [-0.1, -0.05) is 5.21 Å². The van der Waals surface area contributed by atoms with Crippen molar-refractivity contribution in [2.45, 2.75) is 25.8 Å². The van der Waals surface area contributed by atoms with Gasteiger partial charge < -0.3 is 20.7 Å². The molecule has 2 amide bonds. The molecule has 0 aliphatic carbocycles. The Labute approximate surface area is 163 Å². The number of piperidine rings is 1. The minimum Gasteiger partial charge on any atom is -0.497 e. The van der Waals surface area contributed by atoms with Crippen molar-refractivity contribution in [2.24, 2.45) is 0 Å². The van der Waals surface area contributed by atoms with Crippen LogP contribution in [-0.2, 0) is 0 Å². The Morgan fingerprint density at radius 1 is 1.14 bits per heavy atom. The van der Waals surface area contributed by atoms with Crippen molar-refractivity contribution in [1.82, 2.24) is 30.9 Å². The minimum absolute atomic E-state index is 0.204. The zero-order valence-electron chi connectivity index (χ0n) is 16.2. The molecule has 1 fully saturated rings. The Hall–Kier alpha value is -2.94. The molecule has 0 unspecified atom stereocenters. The standard InChI is InChI=1S/C19H26N6O3/c1-13-17(23-24-25(13)15-7-9-20-10-8-15)19(27)22-12-11-21-18(26)14-3-5-16(28-2)6-4-14/h3-6,15,20H,7-12H2,1-2H3,(H,21,26)(H,22,27). The van der Waals surface area contributed by atoms with Crippen molar-refractivity contribution < 1.29 is 14.3 Å². The third-order valence-corrected chi connectivity index (χ3v) is 4.85. The quantitative estimate of drug-likeness (QED) is 0.604. The van der Waals surface area contributed by atoms with Crippen LogP contribution in [0.5, 0.6) is 5.75 Å². The second-order valence-corrected chi connectivity index (χ2v) is 6.69. The van der Waals surface area contributed by atoms with Crippen molar-refractivity contribution in [1.29, 1.82) is 0 Å². The number of hydrogen-bond donors (Lipinski definition) is 3. The Morgan fingerprint density at radius 3 is 2.43 bits per heavy atom. The predicted octanol–water partition coefficient (Wildman–Crippen LogP) is 0.679. The third kappa shape index (κ3) is 4.66. The maximum absolute atomic E-state index is 12.4. The number of hydrogen-bond acceptors (Lipinski definition) is 6. The van der Waals surface area contributed by atoms with Crippen LogP contribution in [0.3, 0.4) is 0 Å². The normalized spacial score (nSPS) is 14.5. The zero-order valence-corrected chi connectivity index (χ0v) is 16.2. The first-order valence-corrected chi connectivity index (χ1v) is 9.43. The summed E-state index contributed by atoms with van der Waals surface area (Å²) in [6, 6.07) is 7.11. The molecular formula is C19H26N6O3. The topological polar surface area (TPSA) is 110 Å². The largest absolute Gasteiger partial charge is 0.497 e. The summed E-state index contributed by atoms with van der Waals surface area (Å²) in [7, 11) is 1.57. The van der Waals surface area contributed by atoms with Crippen molar-refractivity contribution >= 4 is 11.8 Å². The SMILES string of the molecule is COc1ccc(C(=O)NCCNC(=O)c2nnn(C3CCNCC3)c2C)cc1. The molecule has 0 spiro atoms. The van der Waals surface area contributed by atoms with E-state index in [0.717, 1.165) is 31.6 Å². The smallest absolute Gasteiger partial charge is 0.273 e. The summed E-state index contributed by atoms with van der Waals surface area (Å²) >= 11 is 0. The highest BCUT2D eigenvalue weighted by atomic mass is 16.5. The van der Waals surface area contributed by atoms with E-state index in [2.05, 4.69) is 26.3 Å². The Balaban J connectivity index is 1.46. The fraction of sp³-hybridized carbons (Fsp3) is 0.474. The fourth-order valence-electron chi connectivity index (χ4n) is 3.23. The summed E-state index contributed by atoms with van der Waals surface area (Å²) in [4.78, 5) is 24.5. The van der Waals surface area contributed by atoms with E-state index in [0.29, 0.717) is 30.1 Å². The highest BCUT2D eigenvalue weighted by molar-refractivity contribution is 5.94. The number of nitrogens with one attached hydrogen (secondary N) is 3. The van der Waals surface area contributed by atoms with E-state index >= 15 is 0 Å². The molecule has 1 aliphatic heterocycles. The van der Waals surface area contributed by atoms with Gasteiger partial charge in [-0.05, 0) is 57.1 Å². The molecule has 1 aromatic carbocycles. The molecule has 1 aliphatic rings. The molecule has 0 radical (unpaired) electrons. The van der Waals surface area contributed by atoms with E-state index in [9.17, 15) is 9.59 Å². The van der Waals surface area contributed by atoms with Gasteiger partial charge in [-0.15, -0.1) is 5.10 Å². The van der Waals surface area contributed by atoms with Crippen LogP contribution in [0.2, 0.25) is 0 Å². The van der Waals surface area contributed by atoms with Gasteiger partial charge >= 0.3 is 0 Å². The van der Waals surface area contributed by atoms with E-state index in [1.165, 1.54) is 0 Å². The van der Waals surface area contributed by atoms with Crippen LogP contribution in [0.4, 0.5) is 0 Å². The molecule has 0 bridgehead atoms. The number of amides is 2. The number of carbonyl (C=O) groups excluding carboxylic acids is 2. The lowest BCUT2D eigenvalue weighted by molar-refractivity contribution is 0.0924. The number of carbonyl (C=O) groups is 2. The summed E-state index contributed by atoms with van der Waals surface area (Å²) in [6.45, 7) is 4.37. The van der Waals surface area contributed by atoms with Crippen LogP contribution in [-0.4, -0.2) is 60.1 Å². The predicted molar refractivity (Wildman–Crippen MR) is 104 cm³/mol. The van der Waals surface area contributed by atoms with Crippen LogP contribution >= 0.6 is 0 Å². The fourth-order valence-corrected chi connectivity index (χ4v) is 3.23. The van der Waals surface area contributed by atoms with Gasteiger partial charge in [0.15, 0.2) is 5.69 Å². The second kappa shape index (κ2) is 9.32. The monoisotopic (exact) mass is 386 g/mol. The first-order valence-electron chi connectivity index (χ1n) is 9.43. The third-order valence-electron chi connectivity index (χ3n) is 4.85. The van der Waals surface area contributed by atoms with E-state index < -0.39 is 0 Å². The number of rotatable bonds is 7. The first-order chi connectivity index (χ1) is 13.6. The summed E-state index contributed by atoms with van der Waals surface area (Å²) in [5.74, 6) is 0.207. The van der Waals surface area contributed by atoms with Gasteiger partial charge in [0, 0.05) is 18.7 Å². The highest BCUT2D eigenvalue weighted by Crippen LogP contribution is 2.20. The second-order valence-electron chi connectivity index (χ2n) is 6.69. The number of aromatic nitrogens is 3.